The number of amides is 1. The van der Waals surface area contributed by atoms with Gasteiger partial charge in [0, 0.05) is 36.5 Å². The molecule has 2 aromatic carbocycles. The monoisotopic (exact) mass is 442 g/mol. The smallest absolute Gasteiger partial charge is 0.220 e. The number of rotatable bonds is 9. The van der Waals surface area contributed by atoms with Crippen molar-refractivity contribution in [2.45, 2.75) is 46.1 Å². The van der Waals surface area contributed by atoms with Gasteiger partial charge in [-0.25, -0.2) is 9.97 Å². The molecule has 0 bridgehead atoms. The van der Waals surface area contributed by atoms with Gasteiger partial charge in [-0.15, -0.1) is 0 Å². The van der Waals surface area contributed by atoms with Crippen LogP contribution in [0.4, 0.5) is 0 Å². The number of aromatic nitrogens is 3. The van der Waals surface area contributed by atoms with E-state index < -0.39 is 0 Å². The molecule has 0 saturated heterocycles. The van der Waals surface area contributed by atoms with Crippen LogP contribution >= 0.6 is 0 Å². The summed E-state index contributed by atoms with van der Waals surface area (Å²) in [5.41, 5.74) is 4.39. The number of carbonyl (C=O) groups excluding carboxylic acids is 1. The van der Waals surface area contributed by atoms with Gasteiger partial charge in [-0.3, -0.25) is 4.79 Å². The Hall–Kier alpha value is -3.67. The highest BCUT2D eigenvalue weighted by atomic mass is 16.4. The minimum absolute atomic E-state index is 0.0287. The van der Waals surface area contributed by atoms with Crippen molar-refractivity contribution >= 4 is 5.91 Å². The SMILES string of the molecule is CC(C)Cc1ccc(-c2cnc(CCC(=O)NC(C)c3ccc(-n4ccnc4)cc3)o2)cc1. The van der Waals surface area contributed by atoms with Gasteiger partial charge in [0.05, 0.1) is 18.6 Å². The summed E-state index contributed by atoms with van der Waals surface area (Å²) in [6.45, 7) is 6.41. The first kappa shape index (κ1) is 22.5. The number of carbonyl (C=O) groups is 1. The van der Waals surface area contributed by atoms with E-state index in [0.29, 0.717) is 24.7 Å². The lowest BCUT2D eigenvalue weighted by atomic mass is 10.0. The van der Waals surface area contributed by atoms with Gasteiger partial charge in [-0.1, -0.05) is 50.2 Å². The van der Waals surface area contributed by atoms with Crippen LogP contribution < -0.4 is 5.32 Å². The van der Waals surface area contributed by atoms with Gasteiger partial charge >= 0.3 is 0 Å². The van der Waals surface area contributed by atoms with Crippen molar-refractivity contribution in [2.24, 2.45) is 5.92 Å². The third-order valence-electron chi connectivity index (χ3n) is 5.58. The molecule has 4 rings (SSSR count). The fourth-order valence-corrected chi connectivity index (χ4v) is 3.80. The Morgan fingerprint density at radius 3 is 2.48 bits per heavy atom. The van der Waals surface area contributed by atoms with Gasteiger partial charge < -0.3 is 14.3 Å². The zero-order valence-corrected chi connectivity index (χ0v) is 19.4. The Labute approximate surface area is 194 Å². The van der Waals surface area contributed by atoms with Crippen molar-refractivity contribution in [3.05, 3.63) is 90.5 Å². The standard InChI is InChI=1S/C27H30N4O2/c1-19(2)16-21-4-6-23(7-5-21)25-17-29-27(33-25)13-12-26(32)30-20(3)22-8-10-24(11-9-22)31-15-14-28-18-31/h4-11,14-15,17-20H,12-13,16H2,1-3H3,(H,30,32). The van der Waals surface area contributed by atoms with Crippen molar-refractivity contribution in [1.29, 1.82) is 0 Å². The number of nitrogens with zero attached hydrogens (tertiary/aromatic N) is 3. The summed E-state index contributed by atoms with van der Waals surface area (Å²) in [6, 6.07) is 16.4. The minimum atomic E-state index is -0.0844. The Morgan fingerprint density at radius 1 is 1.06 bits per heavy atom. The predicted molar refractivity (Wildman–Crippen MR) is 129 cm³/mol. The Bertz CT molecular complexity index is 1160. The zero-order chi connectivity index (χ0) is 23.2. The number of hydrogen-bond acceptors (Lipinski definition) is 4. The lowest BCUT2D eigenvalue weighted by Crippen LogP contribution is -2.26. The molecule has 0 spiro atoms. The van der Waals surface area contributed by atoms with Gasteiger partial charge in [0.1, 0.15) is 0 Å². The average Bonchev–Trinajstić information content (AvgIpc) is 3.50. The number of oxazole rings is 1. The summed E-state index contributed by atoms with van der Waals surface area (Å²) in [5.74, 6) is 1.90. The summed E-state index contributed by atoms with van der Waals surface area (Å²) < 4.78 is 7.82. The summed E-state index contributed by atoms with van der Waals surface area (Å²) in [5, 5.41) is 3.05. The van der Waals surface area contributed by atoms with Crippen molar-refractivity contribution in [1.82, 2.24) is 19.9 Å². The van der Waals surface area contributed by atoms with Crippen LogP contribution in [0.1, 0.15) is 50.3 Å². The molecule has 0 aliphatic rings. The fourth-order valence-electron chi connectivity index (χ4n) is 3.80. The van der Waals surface area contributed by atoms with Gasteiger partial charge in [0.15, 0.2) is 11.7 Å². The number of imidazole rings is 1. The number of hydrogen-bond donors (Lipinski definition) is 1. The third-order valence-corrected chi connectivity index (χ3v) is 5.58. The Balaban J connectivity index is 1.28. The molecule has 4 aromatic rings. The summed E-state index contributed by atoms with van der Waals surface area (Å²) in [7, 11) is 0. The van der Waals surface area contributed by atoms with E-state index in [-0.39, 0.29) is 11.9 Å². The second kappa shape index (κ2) is 10.3. The molecule has 2 aromatic heterocycles. The van der Waals surface area contributed by atoms with Crippen LogP contribution in [0.2, 0.25) is 0 Å². The largest absolute Gasteiger partial charge is 0.441 e. The third kappa shape index (κ3) is 5.98. The lowest BCUT2D eigenvalue weighted by molar-refractivity contribution is -0.121. The van der Waals surface area contributed by atoms with E-state index in [2.05, 4.69) is 53.4 Å². The van der Waals surface area contributed by atoms with Crippen LogP contribution in [0.5, 0.6) is 0 Å². The maximum absolute atomic E-state index is 12.5. The lowest BCUT2D eigenvalue weighted by Gasteiger charge is -2.15. The second-order valence-electron chi connectivity index (χ2n) is 8.76. The minimum Gasteiger partial charge on any atom is -0.441 e. The van der Waals surface area contributed by atoms with Crippen LogP contribution in [-0.4, -0.2) is 20.4 Å². The van der Waals surface area contributed by atoms with Crippen LogP contribution in [0.25, 0.3) is 17.0 Å². The summed E-state index contributed by atoms with van der Waals surface area (Å²) in [4.78, 5) is 20.9. The van der Waals surface area contributed by atoms with Crippen molar-refractivity contribution in [3.8, 4) is 17.0 Å². The molecule has 1 amide bonds. The molecule has 1 unspecified atom stereocenters. The van der Waals surface area contributed by atoms with E-state index in [1.807, 2.05) is 42.0 Å². The molecule has 0 fully saturated rings. The fraction of sp³-hybridized carbons (Fsp3) is 0.296. The van der Waals surface area contributed by atoms with E-state index in [4.69, 9.17) is 4.42 Å². The first-order valence-corrected chi connectivity index (χ1v) is 11.4. The first-order chi connectivity index (χ1) is 16.0. The number of nitrogens with one attached hydrogen (secondary N) is 1. The van der Waals surface area contributed by atoms with Crippen LogP contribution in [0.15, 0.2) is 77.9 Å². The van der Waals surface area contributed by atoms with E-state index >= 15 is 0 Å². The normalized spacial score (nSPS) is 12.1. The molecular formula is C27H30N4O2. The molecule has 0 aliphatic carbocycles. The van der Waals surface area contributed by atoms with Crippen molar-refractivity contribution in [3.63, 3.8) is 0 Å². The van der Waals surface area contributed by atoms with Gasteiger partial charge in [-0.2, -0.15) is 0 Å². The number of aryl methyl sites for hydroxylation is 1. The maximum atomic E-state index is 12.5. The molecule has 1 N–H and O–H groups in total. The molecular weight excluding hydrogens is 412 g/mol. The highest BCUT2D eigenvalue weighted by Crippen LogP contribution is 2.22. The van der Waals surface area contributed by atoms with Crippen molar-refractivity contribution < 1.29 is 9.21 Å². The molecule has 1 atom stereocenters. The van der Waals surface area contributed by atoms with Crippen LogP contribution in [0, 0.1) is 5.92 Å². The Morgan fingerprint density at radius 2 is 1.82 bits per heavy atom. The molecule has 0 radical (unpaired) electrons. The second-order valence-corrected chi connectivity index (χ2v) is 8.76. The van der Waals surface area contributed by atoms with Gasteiger partial charge in [0.25, 0.3) is 0 Å². The van der Waals surface area contributed by atoms with Gasteiger partial charge in [-0.05, 0) is 42.5 Å². The summed E-state index contributed by atoms with van der Waals surface area (Å²) in [6.07, 6.45) is 8.98. The van der Waals surface area contributed by atoms with E-state index in [1.54, 1.807) is 18.7 Å². The molecule has 6 heteroatoms. The van der Waals surface area contributed by atoms with E-state index in [1.165, 1.54) is 5.56 Å². The Kier molecular flexibility index (Phi) is 7.03. The molecule has 33 heavy (non-hydrogen) atoms. The number of benzene rings is 2. The average molecular weight is 443 g/mol. The van der Waals surface area contributed by atoms with Crippen LogP contribution in [-0.2, 0) is 17.6 Å². The van der Waals surface area contributed by atoms with E-state index in [9.17, 15) is 4.79 Å². The molecule has 0 saturated carbocycles. The first-order valence-electron chi connectivity index (χ1n) is 11.4. The highest BCUT2D eigenvalue weighted by molar-refractivity contribution is 5.76. The maximum Gasteiger partial charge on any atom is 0.220 e. The zero-order valence-electron chi connectivity index (χ0n) is 19.4. The molecule has 6 nitrogen and oxygen atoms in total. The highest BCUT2D eigenvalue weighted by Gasteiger charge is 2.13. The predicted octanol–water partition coefficient (Wildman–Crippen LogP) is 5.54. The van der Waals surface area contributed by atoms with Crippen LogP contribution in [0.3, 0.4) is 0 Å². The summed E-state index contributed by atoms with van der Waals surface area (Å²) >= 11 is 0. The quantitative estimate of drug-likeness (QED) is 0.370. The van der Waals surface area contributed by atoms with Crippen molar-refractivity contribution in [2.75, 3.05) is 0 Å². The molecule has 0 aliphatic heterocycles. The molecule has 2 heterocycles. The van der Waals surface area contributed by atoms with E-state index in [0.717, 1.165) is 29.0 Å². The van der Waals surface area contributed by atoms with Gasteiger partial charge in [0.2, 0.25) is 5.91 Å². The topological polar surface area (TPSA) is 73.0 Å². The molecule has 170 valence electrons.